The van der Waals surface area contributed by atoms with E-state index in [-0.39, 0.29) is 6.10 Å². The van der Waals surface area contributed by atoms with Crippen LogP contribution in [0.3, 0.4) is 0 Å². The molecule has 1 saturated carbocycles. The Kier molecular flexibility index (Phi) is 1.82. The summed E-state index contributed by atoms with van der Waals surface area (Å²) in [5, 5.41) is 9.21. The molecule has 0 bridgehead atoms. The zero-order valence-corrected chi connectivity index (χ0v) is 7.57. The number of nitrogens with zero attached hydrogens (tertiary/aromatic N) is 2. The van der Waals surface area contributed by atoms with E-state index < -0.39 is 5.54 Å². The highest BCUT2D eigenvalue weighted by molar-refractivity contribution is 5.28. The fourth-order valence-corrected chi connectivity index (χ4v) is 1.88. The molecule has 1 aliphatic rings. The molecule has 4 nitrogen and oxygen atoms in total. The van der Waals surface area contributed by atoms with Crippen molar-refractivity contribution in [3.8, 4) is 0 Å². The van der Waals surface area contributed by atoms with Crippen LogP contribution in [0.15, 0.2) is 12.5 Å². The molecule has 13 heavy (non-hydrogen) atoms. The lowest BCUT2D eigenvalue weighted by Gasteiger charge is -2.42. The first-order valence-corrected chi connectivity index (χ1v) is 4.36. The Hall–Kier alpha value is -1.00. The van der Waals surface area contributed by atoms with Crippen LogP contribution in [0.25, 0.3) is 0 Å². The van der Waals surface area contributed by atoms with Gasteiger partial charge in [0.1, 0.15) is 6.33 Å². The SMILES string of the molecule is Cc1ncncc1C1(N)CC(O)C1. The van der Waals surface area contributed by atoms with Crippen LogP contribution in [-0.2, 0) is 5.54 Å². The van der Waals surface area contributed by atoms with E-state index in [1.54, 1.807) is 6.20 Å². The van der Waals surface area contributed by atoms with E-state index in [1.165, 1.54) is 6.33 Å². The summed E-state index contributed by atoms with van der Waals surface area (Å²) in [5.41, 5.74) is 7.54. The first kappa shape index (κ1) is 8.59. The summed E-state index contributed by atoms with van der Waals surface area (Å²) in [4.78, 5) is 8.03. The highest BCUT2D eigenvalue weighted by Gasteiger charge is 2.42. The molecule has 0 unspecified atom stereocenters. The molecule has 1 aromatic heterocycles. The number of nitrogens with two attached hydrogens (primary N) is 1. The number of rotatable bonds is 1. The van der Waals surface area contributed by atoms with Crippen LogP contribution in [0.2, 0.25) is 0 Å². The Labute approximate surface area is 76.8 Å². The summed E-state index contributed by atoms with van der Waals surface area (Å²) in [5.74, 6) is 0. The van der Waals surface area contributed by atoms with E-state index in [9.17, 15) is 5.11 Å². The van der Waals surface area contributed by atoms with Crippen LogP contribution >= 0.6 is 0 Å². The molecule has 0 spiro atoms. The maximum atomic E-state index is 9.21. The van der Waals surface area contributed by atoms with Crippen molar-refractivity contribution in [2.45, 2.75) is 31.4 Å². The third-order valence-corrected chi connectivity index (χ3v) is 2.65. The van der Waals surface area contributed by atoms with Gasteiger partial charge in [-0.15, -0.1) is 0 Å². The van der Waals surface area contributed by atoms with Crippen LogP contribution in [-0.4, -0.2) is 21.2 Å². The minimum absolute atomic E-state index is 0.260. The average molecular weight is 179 g/mol. The van der Waals surface area contributed by atoms with Gasteiger partial charge in [0.25, 0.3) is 0 Å². The molecule has 0 amide bonds. The number of aryl methyl sites for hydroxylation is 1. The maximum Gasteiger partial charge on any atom is 0.115 e. The Morgan fingerprint density at radius 3 is 2.85 bits per heavy atom. The summed E-state index contributed by atoms with van der Waals surface area (Å²) in [6.45, 7) is 1.91. The van der Waals surface area contributed by atoms with Gasteiger partial charge in [-0.25, -0.2) is 9.97 Å². The lowest BCUT2D eigenvalue weighted by molar-refractivity contribution is 0.0203. The second kappa shape index (κ2) is 2.75. The number of aliphatic hydroxyl groups is 1. The third-order valence-electron chi connectivity index (χ3n) is 2.65. The van der Waals surface area contributed by atoms with Crippen molar-refractivity contribution in [3.05, 3.63) is 23.8 Å². The predicted octanol–water partition coefficient (Wildman–Crippen LogP) is 0.0937. The van der Waals surface area contributed by atoms with E-state index in [1.807, 2.05) is 6.92 Å². The molecule has 1 heterocycles. The van der Waals surface area contributed by atoms with Gasteiger partial charge in [0.2, 0.25) is 0 Å². The van der Waals surface area contributed by atoms with Crippen molar-refractivity contribution >= 4 is 0 Å². The Bertz CT molecular complexity index is 320. The quantitative estimate of drug-likeness (QED) is 0.641. The van der Waals surface area contributed by atoms with Crippen molar-refractivity contribution < 1.29 is 5.11 Å². The van der Waals surface area contributed by atoms with Crippen molar-refractivity contribution in [2.24, 2.45) is 5.73 Å². The van der Waals surface area contributed by atoms with Crippen LogP contribution in [0.5, 0.6) is 0 Å². The molecule has 1 aromatic rings. The molecule has 2 rings (SSSR count). The topological polar surface area (TPSA) is 72.0 Å². The minimum Gasteiger partial charge on any atom is -0.393 e. The molecule has 1 fully saturated rings. The second-order valence-corrected chi connectivity index (χ2v) is 3.74. The summed E-state index contributed by atoms with van der Waals surface area (Å²) >= 11 is 0. The highest BCUT2D eigenvalue weighted by atomic mass is 16.3. The minimum atomic E-state index is -0.398. The second-order valence-electron chi connectivity index (χ2n) is 3.74. The Balaban J connectivity index is 2.31. The molecule has 0 saturated heterocycles. The van der Waals surface area contributed by atoms with Crippen LogP contribution in [0.4, 0.5) is 0 Å². The van der Waals surface area contributed by atoms with E-state index in [4.69, 9.17) is 5.73 Å². The van der Waals surface area contributed by atoms with Gasteiger partial charge in [-0.05, 0) is 19.8 Å². The molecule has 0 radical (unpaired) electrons. The fraction of sp³-hybridized carbons (Fsp3) is 0.556. The van der Waals surface area contributed by atoms with Crippen molar-refractivity contribution in [3.63, 3.8) is 0 Å². The zero-order valence-electron chi connectivity index (χ0n) is 7.57. The molecular weight excluding hydrogens is 166 g/mol. The van der Waals surface area contributed by atoms with E-state index in [0.29, 0.717) is 12.8 Å². The van der Waals surface area contributed by atoms with Gasteiger partial charge < -0.3 is 10.8 Å². The zero-order chi connectivity index (χ0) is 9.47. The fourth-order valence-electron chi connectivity index (χ4n) is 1.88. The standard InChI is InChI=1S/C9H13N3O/c1-6-8(4-11-5-12-6)9(10)2-7(13)3-9/h4-5,7,13H,2-3,10H2,1H3. The molecule has 0 aliphatic heterocycles. The average Bonchev–Trinajstić information content (AvgIpc) is 2.02. The highest BCUT2D eigenvalue weighted by Crippen LogP contribution is 2.39. The lowest BCUT2D eigenvalue weighted by Crippen LogP contribution is -2.52. The van der Waals surface area contributed by atoms with Gasteiger partial charge >= 0.3 is 0 Å². The van der Waals surface area contributed by atoms with E-state index in [2.05, 4.69) is 9.97 Å². The first-order chi connectivity index (χ1) is 6.12. The molecule has 70 valence electrons. The summed E-state index contributed by atoms with van der Waals surface area (Å²) in [6.07, 6.45) is 4.22. The van der Waals surface area contributed by atoms with Crippen molar-refractivity contribution in [1.29, 1.82) is 0 Å². The monoisotopic (exact) mass is 179 g/mol. The maximum absolute atomic E-state index is 9.21. The van der Waals surface area contributed by atoms with Crippen LogP contribution < -0.4 is 5.73 Å². The van der Waals surface area contributed by atoms with Crippen molar-refractivity contribution in [2.75, 3.05) is 0 Å². The first-order valence-electron chi connectivity index (χ1n) is 4.36. The molecular formula is C9H13N3O. The molecule has 3 N–H and O–H groups in total. The lowest BCUT2D eigenvalue weighted by atomic mass is 9.70. The molecule has 0 aromatic carbocycles. The van der Waals surface area contributed by atoms with Gasteiger partial charge in [0, 0.05) is 23.0 Å². The summed E-state index contributed by atoms with van der Waals surface area (Å²) < 4.78 is 0. The predicted molar refractivity (Wildman–Crippen MR) is 47.9 cm³/mol. The van der Waals surface area contributed by atoms with E-state index in [0.717, 1.165) is 11.3 Å². The smallest absolute Gasteiger partial charge is 0.115 e. The Morgan fingerprint density at radius 2 is 2.31 bits per heavy atom. The summed E-state index contributed by atoms with van der Waals surface area (Å²) in [7, 11) is 0. The number of aromatic nitrogens is 2. The van der Waals surface area contributed by atoms with Crippen LogP contribution in [0, 0.1) is 6.92 Å². The van der Waals surface area contributed by atoms with Gasteiger partial charge in [0.15, 0.2) is 0 Å². The molecule has 0 atom stereocenters. The van der Waals surface area contributed by atoms with E-state index >= 15 is 0 Å². The van der Waals surface area contributed by atoms with Gasteiger partial charge in [0.05, 0.1) is 6.10 Å². The normalized spacial score (nSPS) is 32.7. The largest absolute Gasteiger partial charge is 0.393 e. The van der Waals surface area contributed by atoms with Gasteiger partial charge in [-0.1, -0.05) is 0 Å². The van der Waals surface area contributed by atoms with Gasteiger partial charge in [-0.3, -0.25) is 0 Å². The number of aliphatic hydroxyl groups excluding tert-OH is 1. The van der Waals surface area contributed by atoms with Gasteiger partial charge in [-0.2, -0.15) is 0 Å². The molecule has 4 heteroatoms. The number of hydrogen-bond donors (Lipinski definition) is 2. The van der Waals surface area contributed by atoms with Crippen LogP contribution in [0.1, 0.15) is 24.1 Å². The number of hydrogen-bond acceptors (Lipinski definition) is 4. The van der Waals surface area contributed by atoms with Crippen molar-refractivity contribution in [1.82, 2.24) is 9.97 Å². The Morgan fingerprint density at radius 1 is 1.62 bits per heavy atom. The molecule has 1 aliphatic carbocycles. The summed E-state index contributed by atoms with van der Waals surface area (Å²) in [6, 6.07) is 0. The third kappa shape index (κ3) is 1.32.